The first kappa shape index (κ1) is 12.7. The molecule has 2 heteroatoms. The summed E-state index contributed by atoms with van der Waals surface area (Å²) in [5, 5.41) is 0.944. The highest BCUT2D eigenvalue weighted by Crippen LogP contribution is 2.21. The molecular weight excluding hydrogens is 248 g/mol. The third kappa shape index (κ3) is 2.37. The lowest BCUT2D eigenvalue weighted by Crippen LogP contribution is -2.02. The Labute approximate surface area is 117 Å². The Morgan fingerprint density at radius 3 is 2.50 bits per heavy atom. The number of rotatable bonds is 3. The van der Waals surface area contributed by atoms with E-state index in [9.17, 15) is 4.79 Å². The number of hydrogen-bond acceptors (Lipinski definition) is 2. The molecule has 0 N–H and O–H groups in total. The van der Waals surface area contributed by atoms with Crippen LogP contribution in [0.3, 0.4) is 0 Å². The minimum atomic E-state index is -0.285. The lowest BCUT2D eigenvalue weighted by molar-refractivity contribution is 0.563. The van der Waals surface area contributed by atoms with Crippen molar-refractivity contribution in [3.63, 3.8) is 0 Å². The molecular formula is C18H16O2. The van der Waals surface area contributed by atoms with E-state index in [-0.39, 0.29) is 5.63 Å². The summed E-state index contributed by atoms with van der Waals surface area (Å²) in [6.45, 7) is 2.16. The maximum absolute atomic E-state index is 12.1. The molecule has 3 aromatic rings. The van der Waals surface area contributed by atoms with Gasteiger partial charge in [-0.2, -0.15) is 0 Å². The van der Waals surface area contributed by atoms with Gasteiger partial charge in [0.25, 0.3) is 0 Å². The molecule has 3 rings (SSSR count). The highest BCUT2D eigenvalue weighted by Gasteiger charge is 2.07. The van der Waals surface area contributed by atoms with Crippen LogP contribution in [0.4, 0.5) is 0 Å². The Bertz CT molecular complexity index is 782. The van der Waals surface area contributed by atoms with Crippen LogP contribution in [0.5, 0.6) is 0 Å². The second-order valence-corrected chi connectivity index (χ2v) is 4.93. The van der Waals surface area contributed by atoms with Crippen molar-refractivity contribution in [1.82, 2.24) is 0 Å². The predicted octanol–water partition coefficient (Wildman–Crippen LogP) is 4.41. The Kier molecular flexibility index (Phi) is 3.38. The molecule has 0 aliphatic rings. The van der Waals surface area contributed by atoms with Crippen molar-refractivity contribution < 1.29 is 4.42 Å². The monoisotopic (exact) mass is 264 g/mol. The summed E-state index contributed by atoms with van der Waals surface area (Å²) >= 11 is 0. The Morgan fingerprint density at radius 1 is 1.00 bits per heavy atom. The predicted molar refractivity (Wildman–Crippen MR) is 81.9 cm³/mol. The van der Waals surface area contributed by atoms with Crippen LogP contribution < -0.4 is 5.63 Å². The summed E-state index contributed by atoms with van der Waals surface area (Å²) in [4.78, 5) is 12.1. The number of hydrogen-bond donors (Lipinski definition) is 0. The second-order valence-electron chi connectivity index (χ2n) is 4.93. The summed E-state index contributed by atoms with van der Waals surface area (Å²) in [6.07, 6.45) is 2.18. The molecule has 100 valence electrons. The first-order valence-electron chi connectivity index (χ1n) is 6.90. The number of fused-ring (bicyclic) bond motifs is 1. The van der Waals surface area contributed by atoms with Gasteiger partial charge in [-0.1, -0.05) is 55.8 Å². The van der Waals surface area contributed by atoms with Crippen molar-refractivity contribution in [2.45, 2.75) is 19.8 Å². The third-order valence-electron chi connectivity index (χ3n) is 3.45. The fraction of sp³-hybridized carbons (Fsp3) is 0.167. The average molecular weight is 264 g/mol. The van der Waals surface area contributed by atoms with Crippen molar-refractivity contribution in [1.29, 1.82) is 0 Å². The summed E-state index contributed by atoms with van der Waals surface area (Å²) in [5.41, 5.74) is 3.16. The molecule has 1 heterocycles. The summed E-state index contributed by atoms with van der Waals surface area (Å²) in [5.74, 6) is 0. The SMILES string of the molecule is CCCc1ccc(-c2cc3ccccc3oc2=O)cc1. The van der Waals surface area contributed by atoms with Gasteiger partial charge < -0.3 is 4.42 Å². The summed E-state index contributed by atoms with van der Waals surface area (Å²) < 4.78 is 5.37. The fourth-order valence-corrected chi connectivity index (χ4v) is 2.40. The van der Waals surface area contributed by atoms with Crippen LogP contribution in [0.2, 0.25) is 0 Å². The van der Waals surface area contributed by atoms with Gasteiger partial charge >= 0.3 is 5.63 Å². The van der Waals surface area contributed by atoms with E-state index >= 15 is 0 Å². The van der Waals surface area contributed by atoms with Gasteiger partial charge in [-0.3, -0.25) is 0 Å². The molecule has 2 nitrogen and oxygen atoms in total. The van der Waals surface area contributed by atoms with E-state index in [1.165, 1.54) is 5.56 Å². The normalized spacial score (nSPS) is 10.8. The Morgan fingerprint density at radius 2 is 1.75 bits per heavy atom. The maximum Gasteiger partial charge on any atom is 0.344 e. The quantitative estimate of drug-likeness (QED) is 0.656. The van der Waals surface area contributed by atoms with E-state index < -0.39 is 0 Å². The number of para-hydroxylation sites is 1. The molecule has 20 heavy (non-hydrogen) atoms. The second kappa shape index (κ2) is 5.33. The van der Waals surface area contributed by atoms with Crippen molar-refractivity contribution in [3.8, 4) is 11.1 Å². The summed E-state index contributed by atoms with van der Waals surface area (Å²) in [7, 11) is 0. The van der Waals surface area contributed by atoms with E-state index in [2.05, 4.69) is 19.1 Å². The van der Waals surface area contributed by atoms with E-state index in [0.717, 1.165) is 23.8 Å². The van der Waals surface area contributed by atoms with Crippen molar-refractivity contribution in [2.24, 2.45) is 0 Å². The van der Waals surface area contributed by atoms with Crippen LogP contribution in [-0.2, 0) is 6.42 Å². The molecule has 0 saturated carbocycles. The van der Waals surface area contributed by atoms with Gasteiger partial charge in [-0.25, -0.2) is 4.79 Å². The third-order valence-corrected chi connectivity index (χ3v) is 3.45. The van der Waals surface area contributed by atoms with Gasteiger partial charge in [0.15, 0.2) is 0 Å². The summed E-state index contributed by atoms with van der Waals surface area (Å²) in [6, 6.07) is 17.6. The minimum absolute atomic E-state index is 0.285. The van der Waals surface area contributed by atoms with E-state index in [4.69, 9.17) is 4.42 Å². The van der Waals surface area contributed by atoms with E-state index in [1.807, 2.05) is 42.5 Å². The van der Waals surface area contributed by atoms with Crippen LogP contribution >= 0.6 is 0 Å². The molecule has 0 saturated heterocycles. The first-order chi connectivity index (χ1) is 9.78. The van der Waals surface area contributed by atoms with Gasteiger partial charge in [0.05, 0.1) is 5.56 Å². The van der Waals surface area contributed by atoms with Gasteiger partial charge in [0, 0.05) is 5.39 Å². The zero-order valence-electron chi connectivity index (χ0n) is 11.4. The first-order valence-corrected chi connectivity index (χ1v) is 6.90. The van der Waals surface area contributed by atoms with E-state index in [1.54, 1.807) is 0 Å². The van der Waals surface area contributed by atoms with Gasteiger partial charge in [-0.05, 0) is 29.7 Å². The largest absolute Gasteiger partial charge is 0.422 e. The molecule has 0 radical (unpaired) electrons. The van der Waals surface area contributed by atoms with Crippen LogP contribution in [0.25, 0.3) is 22.1 Å². The Hall–Kier alpha value is -2.35. The van der Waals surface area contributed by atoms with Gasteiger partial charge in [-0.15, -0.1) is 0 Å². The number of aryl methyl sites for hydroxylation is 1. The van der Waals surface area contributed by atoms with Crippen molar-refractivity contribution in [3.05, 3.63) is 70.6 Å². The van der Waals surface area contributed by atoms with Crippen molar-refractivity contribution >= 4 is 11.0 Å². The van der Waals surface area contributed by atoms with Crippen LogP contribution in [0.1, 0.15) is 18.9 Å². The van der Waals surface area contributed by atoms with Crippen LogP contribution in [-0.4, -0.2) is 0 Å². The van der Waals surface area contributed by atoms with Crippen molar-refractivity contribution in [2.75, 3.05) is 0 Å². The molecule has 0 spiro atoms. The molecule has 0 aliphatic carbocycles. The van der Waals surface area contributed by atoms with E-state index in [0.29, 0.717) is 11.1 Å². The molecule has 0 fully saturated rings. The zero-order valence-corrected chi connectivity index (χ0v) is 11.4. The number of benzene rings is 2. The highest BCUT2D eigenvalue weighted by molar-refractivity contribution is 5.81. The lowest BCUT2D eigenvalue weighted by Gasteiger charge is -2.04. The lowest BCUT2D eigenvalue weighted by atomic mass is 10.0. The average Bonchev–Trinajstić information content (AvgIpc) is 2.48. The Balaban J connectivity index is 2.09. The van der Waals surface area contributed by atoms with Gasteiger partial charge in [0.1, 0.15) is 5.58 Å². The van der Waals surface area contributed by atoms with Crippen LogP contribution in [0.15, 0.2) is 63.8 Å². The fourth-order valence-electron chi connectivity index (χ4n) is 2.40. The molecule has 2 aromatic carbocycles. The maximum atomic E-state index is 12.1. The minimum Gasteiger partial charge on any atom is -0.422 e. The van der Waals surface area contributed by atoms with Gasteiger partial charge in [0.2, 0.25) is 0 Å². The highest BCUT2D eigenvalue weighted by atomic mass is 16.4. The zero-order chi connectivity index (χ0) is 13.9. The molecule has 0 amide bonds. The molecule has 0 atom stereocenters. The molecule has 0 unspecified atom stereocenters. The standard InChI is InChI=1S/C18H16O2/c1-2-5-13-8-10-14(11-9-13)16-12-15-6-3-4-7-17(15)20-18(16)19/h3-4,6-12H,2,5H2,1H3. The molecule has 0 aliphatic heterocycles. The molecule has 1 aromatic heterocycles. The topological polar surface area (TPSA) is 30.2 Å². The smallest absolute Gasteiger partial charge is 0.344 e. The molecule has 0 bridgehead atoms. The van der Waals surface area contributed by atoms with Crippen LogP contribution in [0, 0.1) is 0 Å².